The Labute approximate surface area is 160 Å². The van der Waals surface area contributed by atoms with Crippen molar-refractivity contribution < 1.29 is 0 Å². The first kappa shape index (κ1) is 15.3. The quantitative estimate of drug-likeness (QED) is 0.420. The molecule has 0 aliphatic heterocycles. The number of aryl methyl sites for hydroxylation is 2. The maximum Gasteiger partial charge on any atom is 0.0723 e. The van der Waals surface area contributed by atoms with Crippen LogP contribution in [-0.2, 0) is 14.1 Å². The number of hydrogen-bond acceptors (Lipinski definition) is 3. The summed E-state index contributed by atoms with van der Waals surface area (Å²) >= 11 is 0. The molecule has 0 fully saturated rings. The van der Waals surface area contributed by atoms with Crippen LogP contribution in [0.2, 0.25) is 0 Å². The third-order valence-corrected chi connectivity index (χ3v) is 5.80. The molecule has 0 amide bonds. The van der Waals surface area contributed by atoms with Gasteiger partial charge >= 0.3 is 0 Å². The van der Waals surface area contributed by atoms with Gasteiger partial charge in [0.25, 0.3) is 0 Å². The molecule has 0 atom stereocenters. The van der Waals surface area contributed by atoms with Crippen molar-refractivity contribution in [2.24, 2.45) is 14.1 Å². The van der Waals surface area contributed by atoms with E-state index in [0.717, 1.165) is 27.5 Å². The molecule has 5 heteroatoms. The van der Waals surface area contributed by atoms with Gasteiger partial charge < -0.3 is 9.13 Å². The second-order valence-corrected chi connectivity index (χ2v) is 7.22. The normalized spacial score (nSPS) is 11.9. The Balaban J connectivity index is 1.61. The first-order valence-corrected chi connectivity index (χ1v) is 9.23. The molecule has 5 nitrogen and oxygen atoms in total. The molecule has 5 aromatic heterocycles. The molecule has 134 valence electrons. The molecule has 0 spiro atoms. The number of aromatic nitrogens is 5. The zero-order chi connectivity index (χ0) is 18.8. The molecule has 6 rings (SSSR count). The lowest BCUT2D eigenvalue weighted by atomic mass is 10.1. The fourth-order valence-electron chi connectivity index (χ4n) is 4.32. The number of nitrogens with zero attached hydrogens (tertiary/aromatic N) is 5. The van der Waals surface area contributed by atoms with Crippen molar-refractivity contribution in [3.05, 3.63) is 67.4 Å². The van der Waals surface area contributed by atoms with E-state index in [2.05, 4.69) is 63.5 Å². The maximum atomic E-state index is 4.77. The molecule has 0 unspecified atom stereocenters. The second kappa shape index (κ2) is 5.39. The molecular weight excluding hydrogens is 346 g/mol. The summed E-state index contributed by atoms with van der Waals surface area (Å²) < 4.78 is 4.43. The molecule has 6 aromatic rings. The summed E-state index contributed by atoms with van der Waals surface area (Å²) in [5, 5.41) is 4.66. The third kappa shape index (κ3) is 1.93. The standard InChI is InChI=1S/C23H17N5/c1-27-20-5-7-24-11-16(20)15-4-3-14(9-22(15)27)19-10-23-18(13-26-19)17-12-25-8-6-21(17)28(23)2/h3-13H,1-2H3. The van der Waals surface area contributed by atoms with Crippen LogP contribution >= 0.6 is 0 Å². The monoisotopic (exact) mass is 363 g/mol. The van der Waals surface area contributed by atoms with Crippen LogP contribution in [0.5, 0.6) is 0 Å². The highest BCUT2D eigenvalue weighted by atomic mass is 15.0. The molecular formula is C23H17N5. The van der Waals surface area contributed by atoms with Gasteiger partial charge in [-0.2, -0.15) is 0 Å². The Kier molecular flexibility index (Phi) is 2.95. The van der Waals surface area contributed by atoms with Crippen molar-refractivity contribution in [3.63, 3.8) is 0 Å². The Bertz CT molecular complexity index is 1420. The molecule has 0 radical (unpaired) electrons. The molecule has 28 heavy (non-hydrogen) atoms. The van der Waals surface area contributed by atoms with Crippen molar-refractivity contribution in [2.75, 3.05) is 0 Å². The van der Waals surface area contributed by atoms with Crippen LogP contribution in [0, 0.1) is 0 Å². The topological polar surface area (TPSA) is 48.5 Å². The van der Waals surface area contributed by atoms with Crippen LogP contribution in [0.15, 0.2) is 67.4 Å². The number of hydrogen-bond donors (Lipinski definition) is 0. The lowest BCUT2D eigenvalue weighted by Crippen LogP contribution is -1.90. The Hall–Kier alpha value is -3.73. The van der Waals surface area contributed by atoms with Crippen LogP contribution in [0.1, 0.15) is 0 Å². The predicted octanol–water partition coefficient (Wildman–Crippen LogP) is 4.83. The molecule has 1 aromatic carbocycles. The van der Waals surface area contributed by atoms with Crippen molar-refractivity contribution in [2.45, 2.75) is 0 Å². The van der Waals surface area contributed by atoms with Gasteiger partial charge in [-0.3, -0.25) is 15.0 Å². The van der Waals surface area contributed by atoms with E-state index in [4.69, 9.17) is 4.98 Å². The summed E-state index contributed by atoms with van der Waals surface area (Å²) in [7, 11) is 4.19. The van der Waals surface area contributed by atoms with E-state index in [0.29, 0.717) is 0 Å². The van der Waals surface area contributed by atoms with Crippen molar-refractivity contribution in [1.29, 1.82) is 0 Å². The van der Waals surface area contributed by atoms with Gasteiger partial charge in [0.05, 0.1) is 22.2 Å². The Morgan fingerprint density at radius 3 is 1.93 bits per heavy atom. The molecule has 0 saturated carbocycles. The highest BCUT2D eigenvalue weighted by Gasteiger charge is 2.13. The smallest absolute Gasteiger partial charge is 0.0723 e. The fraction of sp³-hybridized carbons (Fsp3) is 0.0870. The van der Waals surface area contributed by atoms with Gasteiger partial charge in [-0.15, -0.1) is 0 Å². The minimum absolute atomic E-state index is 0.969. The van der Waals surface area contributed by atoms with Crippen LogP contribution in [0.3, 0.4) is 0 Å². The highest BCUT2D eigenvalue weighted by Crippen LogP contribution is 2.33. The predicted molar refractivity (Wildman–Crippen MR) is 113 cm³/mol. The summed E-state index contributed by atoms with van der Waals surface area (Å²) in [5.41, 5.74) is 6.78. The first-order chi connectivity index (χ1) is 13.7. The zero-order valence-electron chi connectivity index (χ0n) is 15.6. The van der Waals surface area contributed by atoms with E-state index in [1.165, 1.54) is 27.3 Å². The van der Waals surface area contributed by atoms with E-state index in [9.17, 15) is 0 Å². The van der Waals surface area contributed by atoms with Gasteiger partial charge in [0.2, 0.25) is 0 Å². The van der Waals surface area contributed by atoms with E-state index >= 15 is 0 Å². The average Bonchev–Trinajstić information content (AvgIpc) is 3.20. The van der Waals surface area contributed by atoms with Crippen molar-refractivity contribution >= 4 is 43.6 Å². The van der Waals surface area contributed by atoms with E-state index in [-0.39, 0.29) is 0 Å². The lowest BCUT2D eigenvalue weighted by molar-refractivity contribution is 1.01. The molecule has 0 aliphatic rings. The number of rotatable bonds is 1. The molecule has 0 aliphatic carbocycles. The third-order valence-electron chi connectivity index (χ3n) is 5.80. The minimum atomic E-state index is 0.969. The largest absolute Gasteiger partial charge is 0.343 e. The zero-order valence-corrected chi connectivity index (χ0v) is 15.6. The number of benzene rings is 1. The van der Waals surface area contributed by atoms with Crippen molar-refractivity contribution in [3.8, 4) is 11.3 Å². The van der Waals surface area contributed by atoms with Gasteiger partial charge in [-0.1, -0.05) is 12.1 Å². The van der Waals surface area contributed by atoms with Gasteiger partial charge in [0.1, 0.15) is 0 Å². The van der Waals surface area contributed by atoms with E-state index in [1.807, 2.05) is 37.1 Å². The molecule has 0 bridgehead atoms. The summed E-state index contributed by atoms with van der Waals surface area (Å²) in [6, 6.07) is 12.8. The van der Waals surface area contributed by atoms with Gasteiger partial charge in [0.15, 0.2) is 0 Å². The Morgan fingerprint density at radius 1 is 0.607 bits per heavy atom. The molecule has 5 heterocycles. The van der Waals surface area contributed by atoms with Crippen LogP contribution in [-0.4, -0.2) is 24.1 Å². The van der Waals surface area contributed by atoms with Crippen LogP contribution in [0.4, 0.5) is 0 Å². The van der Waals surface area contributed by atoms with Gasteiger partial charge in [-0.25, -0.2) is 0 Å². The van der Waals surface area contributed by atoms with Crippen molar-refractivity contribution in [1.82, 2.24) is 24.1 Å². The number of pyridine rings is 3. The minimum Gasteiger partial charge on any atom is -0.343 e. The van der Waals surface area contributed by atoms with Gasteiger partial charge in [0, 0.05) is 77.7 Å². The maximum absolute atomic E-state index is 4.77. The Morgan fingerprint density at radius 2 is 1.21 bits per heavy atom. The summed E-state index contributed by atoms with van der Waals surface area (Å²) in [6.07, 6.45) is 9.48. The van der Waals surface area contributed by atoms with E-state index in [1.54, 1.807) is 0 Å². The fourth-order valence-corrected chi connectivity index (χ4v) is 4.32. The lowest BCUT2D eigenvalue weighted by Gasteiger charge is -2.05. The van der Waals surface area contributed by atoms with Crippen LogP contribution in [0.25, 0.3) is 54.9 Å². The summed E-state index contributed by atoms with van der Waals surface area (Å²) in [5.74, 6) is 0. The van der Waals surface area contributed by atoms with Crippen LogP contribution < -0.4 is 0 Å². The highest BCUT2D eigenvalue weighted by molar-refractivity contribution is 6.09. The van der Waals surface area contributed by atoms with Gasteiger partial charge in [-0.05, 0) is 24.3 Å². The summed E-state index contributed by atoms with van der Waals surface area (Å²) in [4.78, 5) is 13.3. The number of fused-ring (bicyclic) bond motifs is 6. The summed E-state index contributed by atoms with van der Waals surface area (Å²) in [6.45, 7) is 0. The average molecular weight is 363 g/mol. The van der Waals surface area contributed by atoms with E-state index < -0.39 is 0 Å². The molecule has 0 saturated heterocycles. The second-order valence-electron chi connectivity index (χ2n) is 7.22. The SMILES string of the molecule is Cn1c2ccncc2c2ccc(-c3cc4c(cn3)c3cnccc3n4C)cc21. The molecule has 0 N–H and O–H groups in total. The first-order valence-electron chi connectivity index (χ1n) is 9.23.